The first-order valence-electron chi connectivity index (χ1n) is 4.70. The fourth-order valence-electron chi connectivity index (χ4n) is 0.738. The van der Waals surface area contributed by atoms with Gasteiger partial charge in [-0.2, -0.15) is 0 Å². The zero-order valence-corrected chi connectivity index (χ0v) is 9.74. The molecule has 16 heavy (non-hydrogen) atoms. The molecule has 0 aliphatic carbocycles. The molecular weight excluding hydrogens is 206 g/mol. The Bertz CT molecular complexity index is 366. The lowest BCUT2D eigenvalue weighted by Crippen LogP contribution is -1.84. The van der Waals surface area contributed by atoms with Crippen LogP contribution in [0.4, 0.5) is 8.78 Å². The molecule has 0 unspecified atom stereocenters. The van der Waals surface area contributed by atoms with Crippen molar-refractivity contribution in [2.75, 3.05) is 0 Å². The molecule has 0 aliphatic rings. The second-order valence-corrected chi connectivity index (χ2v) is 3.60. The molecule has 2 heteroatoms. The van der Waals surface area contributed by atoms with E-state index in [0.29, 0.717) is 22.3 Å². The van der Waals surface area contributed by atoms with E-state index in [1.54, 1.807) is 0 Å². The molecule has 0 N–H and O–H groups in total. The third kappa shape index (κ3) is 4.69. The number of rotatable bonds is 5. The second-order valence-electron chi connectivity index (χ2n) is 3.60. The quantitative estimate of drug-likeness (QED) is 0.577. The second kappa shape index (κ2) is 6.01. The van der Waals surface area contributed by atoms with Crippen molar-refractivity contribution in [3.63, 3.8) is 0 Å². The Kier molecular flexibility index (Phi) is 5.37. The van der Waals surface area contributed by atoms with Crippen LogP contribution in [0.5, 0.6) is 0 Å². The van der Waals surface area contributed by atoms with Crippen molar-refractivity contribution >= 4 is 0 Å². The van der Waals surface area contributed by atoms with Gasteiger partial charge in [0.15, 0.2) is 0 Å². The molecule has 86 valence electrons. The highest BCUT2D eigenvalue weighted by molar-refractivity contribution is 5.47. The Morgan fingerprint density at radius 2 is 1.00 bits per heavy atom. The maximum atomic E-state index is 13.2. The summed E-state index contributed by atoms with van der Waals surface area (Å²) in [5.74, 6) is -0.981. The van der Waals surface area contributed by atoms with E-state index in [2.05, 4.69) is 26.3 Å². The number of hydrogen-bond acceptors (Lipinski definition) is 0. The minimum Gasteiger partial charge on any atom is -0.207 e. The standard InChI is InChI=1S/C14H16F2/c1-9(2)13(15)7-11(5)12(6)8-14(16)10(3)4/h7-8H,1,3,5-6H2,2,4H3/b13-7+,14-8+. The Morgan fingerprint density at radius 3 is 1.19 bits per heavy atom. The molecule has 0 radical (unpaired) electrons. The van der Waals surface area contributed by atoms with E-state index in [1.165, 1.54) is 26.0 Å². The molecular formula is C14H16F2. The van der Waals surface area contributed by atoms with Gasteiger partial charge in [-0.05, 0) is 48.3 Å². The molecule has 0 bridgehead atoms. The van der Waals surface area contributed by atoms with E-state index in [9.17, 15) is 8.78 Å². The summed E-state index contributed by atoms with van der Waals surface area (Å²) in [5.41, 5.74) is 1.19. The Hall–Kier alpha value is -1.70. The lowest BCUT2D eigenvalue weighted by molar-refractivity contribution is 0.649. The zero-order valence-electron chi connectivity index (χ0n) is 9.74. The molecule has 0 spiro atoms. The van der Waals surface area contributed by atoms with Gasteiger partial charge in [0.05, 0.1) is 0 Å². The van der Waals surface area contributed by atoms with Crippen LogP contribution >= 0.6 is 0 Å². The average molecular weight is 222 g/mol. The van der Waals surface area contributed by atoms with Crippen LogP contribution in [0.3, 0.4) is 0 Å². The minimum absolute atomic E-state index is 0.290. The van der Waals surface area contributed by atoms with Gasteiger partial charge in [-0.15, -0.1) is 0 Å². The van der Waals surface area contributed by atoms with E-state index in [1.807, 2.05) is 0 Å². The van der Waals surface area contributed by atoms with Crippen molar-refractivity contribution in [1.29, 1.82) is 0 Å². The van der Waals surface area contributed by atoms with E-state index in [-0.39, 0.29) is 0 Å². The lowest BCUT2D eigenvalue weighted by Gasteiger charge is -2.02. The number of allylic oxidation sites excluding steroid dienone is 8. The summed E-state index contributed by atoms with van der Waals surface area (Å²) in [6.07, 6.45) is 2.35. The van der Waals surface area contributed by atoms with E-state index >= 15 is 0 Å². The van der Waals surface area contributed by atoms with Crippen molar-refractivity contribution in [1.82, 2.24) is 0 Å². The highest BCUT2D eigenvalue weighted by Gasteiger charge is 2.02. The first-order valence-corrected chi connectivity index (χ1v) is 4.70. The first kappa shape index (κ1) is 14.3. The predicted octanol–water partition coefficient (Wildman–Crippen LogP) is 4.96. The Morgan fingerprint density at radius 1 is 0.750 bits per heavy atom. The lowest BCUT2D eigenvalue weighted by atomic mass is 10.1. The zero-order chi connectivity index (χ0) is 12.9. The summed E-state index contributed by atoms with van der Waals surface area (Å²) in [6, 6.07) is 0. The maximum absolute atomic E-state index is 13.2. The predicted molar refractivity (Wildman–Crippen MR) is 66.3 cm³/mol. The minimum atomic E-state index is -0.490. The molecule has 0 heterocycles. The highest BCUT2D eigenvalue weighted by Crippen LogP contribution is 2.19. The third-order valence-electron chi connectivity index (χ3n) is 1.83. The van der Waals surface area contributed by atoms with E-state index < -0.39 is 11.7 Å². The Labute approximate surface area is 95.7 Å². The van der Waals surface area contributed by atoms with Gasteiger partial charge in [-0.3, -0.25) is 0 Å². The maximum Gasteiger partial charge on any atom is 0.126 e. The summed E-state index contributed by atoms with van der Waals surface area (Å²) >= 11 is 0. The van der Waals surface area contributed by atoms with Crippen LogP contribution in [0.15, 0.2) is 72.4 Å². The van der Waals surface area contributed by atoms with Crippen molar-refractivity contribution in [2.45, 2.75) is 13.8 Å². The van der Waals surface area contributed by atoms with Gasteiger partial charge in [0.1, 0.15) is 11.7 Å². The van der Waals surface area contributed by atoms with Crippen molar-refractivity contribution in [2.24, 2.45) is 0 Å². The van der Waals surface area contributed by atoms with Crippen LogP contribution in [0.25, 0.3) is 0 Å². The molecule has 0 amide bonds. The summed E-state index contributed by atoms with van der Waals surface area (Å²) in [6.45, 7) is 17.1. The number of halogens is 2. The SMILES string of the molecule is C=C(/C=C(/F)C(=C)C)C(=C)/C=C(/F)C(=C)C. The van der Waals surface area contributed by atoms with Crippen molar-refractivity contribution in [3.05, 3.63) is 72.4 Å². The molecule has 0 saturated carbocycles. The normalized spacial score (nSPS) is 12.2. The van der Waals surface area contributed by atoms with Crippen molar-refractivity contribution in [3.8, 4) is 0 Å². The summed E-state index contributed by atoms with van der Waals surface area (Å²) in [4.78, 5) is 0. The van der Waals surface area contributed by atoms with Crippen LogP contribution in [-0.2, 0) is 0 Å². The van der Waals surface area contributed by atoms with Crippen LogP contribution < -0.4 is 0 Å². The molecule has 0 saturated heterocycles. The van der Waals surface area contributed by atoms with Crippen LogP contribution in [0, 0.1) is 0 Å². The monoisotopic (exact) mass is 222 g/mol. The van der Waals surface area contributed by atoms with Crippen LogP contribution in [0.1, 0.15) is 13.8 Å². The van der Waals surface area contributed by atoms with Gasteiger partial charge in [0.2, 0.25) is 0 Å². The fourth-order valence-corrected chi connectivity index (χ4v) is 0.738. The van der Waals surface area contributed by atoms with E-state index in [0.717, 1.165) is 0 Å². The number of hydrogen-bond donors (Lipinski definition) is 0. The average Bonchev–Trinajstić information content (AvgIpc) is 2.16. The van der Waals surface area contributed by atoms with E-state index in [4.69, 9.17) is 0 Å². The van der Waals surface area contributed by atoms with Crippen molar-refractivity contribution < 1.29 is 8.78 Å². The highest BCUT2D eigenvalue weighted by atomic mass is 19.1. The summed E-state index contributed by atoms with van der Waals surface area (Å²) < 4.78 is 26.3. The van der Waals surface area contributed by atoms with Gasteiger partial charge in [0.25, 0.3) is 0 Å². The molecule has 0 atom stereocenters. The molecule has 0 nitrogen and oxygen atoms in total. The molecule has 0 aromatic rings. The third-order valence-corrected chi connectivity index (χ3v) is 1.83. The largest absolute Gasteiger partial charge is 0.207 e. The van der Waals surface area contributed by atoms with Gasteiger partial charge in [-0.1, -0.05) is 26.3 Å². The Balaban J connectivity index is 4.85. The molecule has 0 aliphatic heterocycles. The van der Waals surface area contributed by atoms with Crippen LogP contribution in [0.2, 0.25) is 0 Å². The fraction of sp³-hybridized carbons (Fsp3) is 0.143. The van der Waals surface area contributed by atoms with Gasteiger partial charge < -0.3 is 0 Å². The summed E-state index contributed by atoms with van der Waals surface area (Å²) in [7, 11) is 0. The molecule has 0 aromatic heterocycles. The summed E-state index contributed by atoms with van der Waals surface area (Å²) in [5, 5.41) is 0. The molecule has 0 rings (SSSR count). The smallest absolute Gasteiger partial charge is 0.126 e. The van der Waals surface area contributed by atoms with Gasteiger partial charge in [0, 0.05) is 0 Å². The van der Waals surface area contributed by atoms with Crippen LogP contribution in [-0.4, -0.2) is 0 Å². The molecule has 0 fully saturated rings. The molecule has 0 aromatic carbocycles. The van der Waals surface area contributed by atoms with Gasteiger partial charge >= 0.3 is 0 Å². The van der Waals surface area contributed by atoms with Gasteiger partial charge in [-0.25, -0.2) is 8.78 Å². The topological polar surface area (TPSA) is 0 Å². The first-order chi connectivity index (χ1) is 7.25.